The Bertz CT molecular complexity index is 599. The van der Waals surface area contributed by atoms with Gasteiger partial charge in [-0.05, 0) is 17.7 Å². The van der Waals surface area contributed by atoms with E-state index in [2.05, 4.69) is 4.72 Å². The molecule has 21 heavy (non-hydrogen) atoms. The van der Waals surface area contributed by atoms with Crippen molar-refractivity contribution >= 4 is 21.6 Å². The number of benzene rings is 1. The molecule has 1 heterocycles. The number of halogens is 1. The number of aliphatic hydroxyl groups excluding tert-OH is 1. The van der Waals surface area contributed by atoms with Crippen molar-refractivity contribution in [3.8, 4) is 0 Å². The first-order valence-electron chi connectivity index (χ1n) is 6.44. The van der Waals surface area contributed by atoms with Crippen LogP contribution in [0, 0.1) is 0 Å². The van der Waals surface area contributed by atoms with Gasteiger partial charge < -0.3 is 14.6 Å². The minimum Gasteiger partial charge on any atom is -0.392 e. The quantitative estimate of drug-likeness (QED) is 0.807. The zero-order chi connectivity index (χ0) is 15.5. The minimum absolute atomic E-state index is 0.0547. The molecule has 1 atom stereocenters. The van der Waals surface area contributed by atoms with Crippen LogP contribution in [0.25, 0.3) is 0 Å². The molecule has 8 heteroatoms. The second-order valence-electron chi connectivity index (χ2n) is 4.94. The highest BCUT2D eigenvalue weighted by atomic mass is 35.5. The summed E-state index contributed by atoms with van der Waals surface area (Å²) in [6.07, 6.45) is 0.621. The van der Waals surface area contributed by atoms with Crippen LogP contribution in [0.1, 0.15) is 12.0 Å². The maximum atomic E-state index is 12.4. The molecule has 1 aromatic rings. The zero-order valence-electron chi connectivity index (χ0n) is 11.6. The first-order valence-corrected chi connectivity index (χ1v) is 8.30. The Hall–Kier alpha value is -0.700. The van der Waals surface area contributed by atoms with E-state index in [1.54, 1.807) is 6.07 Å². The van der Waals surface area contributed by atoms with E-state index in [0.717, 1.165) is 0 Å². The summed E-state index contributed by atoms with van der Waals surface area (Å²) in [5, 5.41) is 9.21. The summed E-state index contributed by atoms with van der Waals surface area (Å²) in [7, 11) is -2.26. The third-order valence-corrected chi connectivity index (χ3v) is 5.44. The Morgan fingerprint density at radius 3 is 2.86 bits per heavy atom. The van der Waals surface area contributed by atoms with Crippen LogP contribution in [0.15, 0.2) is 23.1 Å². The highest BCUT2D eigenvalue weighted by molar-refractivity contribution is 7.89. The van der Waals surface area contributed by atoms with Crippen LogP contribution >= 0.6 is 11.6 Å². The van der Waals surface area contributed by atoms with Crippen molar-refractivity contribution in [3.05, 3.63) is 28.8 Å². The summed E-state index contributed by atoms with van der Waals surface area (Å²) in [5.74, 6) is 0. The summed E-state index contributed by atoms with van der Waals surface area (Å²) in [5.41, 5.74) is -0.167. The molecule has 2 N–H and O–H groups in total. The van der Waals surface area contributed by atoms with Crippen molar-refractivity contribution in [1.82, 2.24) is 4.72 Å². The standard InChI is InChI=1S/C13H18ClNO5S/c1-19-13(4-5-20-9-13)8-15-21(17,18)12-6-10(7-16)2-3-11(12)14/h2-3,6,15-16H,4-5,7-9H2,1H3. The zero-order valence-corrected chi connectivity index (χ0v) is 13.2. The van der Waals surface area contributed by atoms with Gasteiger partial charge in [0.05, 0.1) is 18.2 Å². The molecule has 1 unspecified atom stereocenters. The van der Waals surface area contributed by atoms with Gasteiger partial charge in [0, 0.05) is 26.7 Å². The van der Waals surface area contributed by atoms with Crippen molar-refractivity contribution in [2.45, 2.75) is 23.5 Å². The SMILES string of the molecule is COC1(CNS(=O)(=O)c2cc(CO)ccc2Cl)CCOC1. The molecule has 1 aliphatic heterocycles. The summed E-state index contributed by atoms with van der Waals surface area (Å²) >= 11 is 5.94. The molecule has 0 amide bonds. The van der Waals surface area contributed by atoms with E-state index in [0.29, 0.717) is 25.2 Å². The Balaban J connectivity index is 2.18. The fourth-order valence-corrected chi connectivity index (χ4v) is 3.78. The maximum Gasteiger partial charge on any atom is 0.242 e. The topological polar surface area (TPSA) is 84.9 Å². The molecule has 1 saturated heterocycles. The average molecular weight is 336 g/mol. The molecule has 0 spiro atoms. The van der Waals surface area contributed by atoms with E-state index in [1.807, 2.05) is 0 Å². The van der Waals surface area contributed by atoms with E-state index in [9.17, 15) is 8.42 Å². The number of nitrogens with one attached hydrogen (secondary N) is 1. The first-order chi connectivity index (χ1) is 9.92. The number of methoxy groups -OCH3 is 1. The molecule has 1 aromatic carbocycles. The predicted molar refractivity (Wildman–Crippen MR) is 77.7 cm³/mol. The molecule has 0 radical (unpaired) electrons. The van der Waals surface area contributed by atoms with Crippen LogP contribution in [0.5, 0.6) is 0 Å². The van der Waals surface area contributed by atoms with Crippen LogP contribution in [-0.2, 0) is 26.1 Å². The van der Waals surface area contributed by atoms with Crippen molar-refractivity contribution in [3.63, 3.8) is 0 Å². The van der Waals surface area contributed by atoms with Crippen LogP contribution in [0.3, 0.4) is 0 Å². The normalized spacial score (nSPS) is 22.6. The molecule has 1 aliphatic rings. The molecule has 0 saturated carbocycles. The molecule has 0 aliphatic carbocycles. The van der Waals surface area contributed by atoms with E-state index in [1.165, 1.54) is 19.2 Å². The fraction of sp³-hybridized carbons (Fsp3) is 0.538. The maximum absolute atomic E-state index is 12.4. The lowest BCUT2D eigenvalue weighted by Crippen LogP contribution is -2.45. The van der Waals surface area contributed by atoms with Crippen molar-refractivity contribution in [1.29, 1.82) is 0 Å². The van der Waals surface area contributed by atoms with Gasteiger partial charge in [-0.15, -0.1) is 0 Å². The Morgan fingerprint density at radius 1 is 1.52 bits per heavy atom. The minimum atomic E-state index is -3.79. The third-order valence-electron chi connectivity index (χ3n) is 3.55. The number of aliphatic hydroxyl groups is 1. The second kappa shape index (κ2) is 6.60. The lowest BCUT2D eigenvalue weighted by atomic mass is 10.0. The van der Waals surface area contributed by atoms with Crippen LogP contribution in [0.4, 0.5) is 0 Å². The van der Waals surface area contributed by atoms with Gasteiger partial charge in [0.1, 0.15) is 10.5 Å². The number of hydrogen-bond acceptors (Lipinski definition) is 5. The van der Waals surface area contributed by atoms with Crippen molar-refractivity contribution in [2.75, 3.05) is 26.9 Å². The molecule has 2 rings (SSSR count). The molecular weight excluding hydrogens is 318 g/mol. The van der Waals surface area contributed by atoms with Gasteiger partial charge in [-0.3, -0.25) is 0 Å². The van der Waals surface area contributed by atoms with Crippen LogP contribution in [-0.4, -0.2) is 46.0 Å². The van der Waals surface area contributed by atoms with Crippen LogP contribution in [0.2, 0.25) is 5.02 Å². The van der Waals surface area contributed by atoms with E-state index in [4.69, 9.17) is 26.2 Å². The van der Waals surface area contributed by atoms with E-state index in [-0.39, 0.29) is 23.1 Å². The lowest BCUT2D eigenvalue weighted by molar-refractivity contribution is -0.0120. The summed E-state index contributed by atoms with van der Waals surface area (Å²) < 4.78 is 37.9. The van der Waals surface area contributed by atoms with Gasteiger partial charge in [0.15, 0.2) is 0 Å². The number of rotatable bonds is 6. The smallest absolute Gasteiger partial charge is 0.242 e. The Labute approximate surface area is 129 Å². The predicted octanol–water partition coefficient (Wildman–Crippen LogP) is 0.916. The largest absolute Gasteiger partial charge is 0.392 e. The van der Waals surface area contributed by atoms with Gasteiger partial charge in [-0.25, -0.2) is 13.1 Å². The third kappa shape index (κ3) is 3.74. The highest BCUT2D eigenvalue weighted by Crippen LogP contribution is 2.25. The van der Waals surface area contributed by atoms with E-state index >= 15 is 0 Å². The summed E-state index contributed by atoms with van der Waals surface area (Å²) in [4.78, 5) is -0.0547. The highest BCUT2D eigenvalue weighted by Gasteiger charge is 2.36. The number of hydrogen-bond donors (Lipinski definition) is 2. The summed E-state index contributed by atoms with van der Waals surface area (Å²) in [6.45, 7) is 0.730. The molecule has 0 aromatic heterocycles. The second-order valence-corrected chi connectivity index (χ2v) is 7.08. The van der Waals surface area contributed by atoms with Gasteiger partial charge in [-0.1, -0.05) is 17.7 Å². The van der Waals surface area contributed by atoms with Crippen molar-refractivity contribution < 1.29 is 23.0 Å². The monoisotopic (exact) mass is 335 g/mol. The molecular formula is C13H18ClNO5S. The van der Waals surface area contributed by atoms with Crippen molar-refractivity contribution in [2.24, 2.45) is 0 Å². The molecule has 6 nitrogen and oxygen atoms in total. The number of sulfonamides is 1. The Kier molecular flexibility index (Phi) is 5.24. The lowest BCUT2D eigenvalue weighted by Gasteiger charge is -2.25. The van der Waals surface area contributed by atoms with Gasteiger partial charge >= 0.3 is 0 Å². The fourth-order valence-electron chi connectivity index (χ4n) is 2.12. The Morgan fingerprint density at radius 2 is 2.29 bits per heavy atom. The summed E-state index contributed by atoms with van der Waals surface area (Å²) in [6, 6.07) is 4.38. The van der Waals surface area contributed by atoms with Gasteiger partial charge in [0.2, 0.25) is 10.0 Å². The van der Waals surface area contributed by atoms with Gasteiger partial charge in [-0.2, -0.15) is 0 Å². The van der Waals surface area contributed by atoms with Crippen LogP contribution < -0.4 is 4.72 Å². The van der Waals surface area contributed by atoms with Gasteiger partial charge in [0.25, 0.3) is 0 Å². The van der Waals surface area contributed by atoms with E-state index < -0.39 is 15.6 Å². The first kappa shape index (κ1) is 16.7. The molecule has 1 fully saturated rings. The molecule has 0 bridgehead atoms. The molecule has 118 valence electrons. The number of ether oxygens (including phenoxy) is 2. The average Bonchev–Trinajstić information content (AvgIpc) is 2.95.